The van der Waals surface area contributed by atoms with Crippen molar-refractivity contribution in [2.24, 2.45) is 0 Å². The minimum Gasteiger partial charge on any atom is -0.339 e. The van der Waals surface area contributed by atoms with Crippen molar-refractivity contribution in [3.63, 3.8) is 0 Å². The zero-order valence-corrected chi connectivity index (χ0v) is 15.3. The quantitative estimate of drug-likeness (QED) is 0.793. The fourth-order valence-corrected chi connectivity index (χ4v) is 2.73. The van der Waals surface area contributed by atoms with Gasteiger partial charge in [-0.3, -0.25) is 24.7 Å². The Bertz CT molecular complexity index is 830. The van der Waals surface area contributed by atoms with Gasteiger partial charge in [0.25, 0.3) is 5.56 Å². The summed E-state index contributed by atoms with van der Waals surface area (Å²) in [6, 6.07) is 9.79. The second-order valence-electron chi connectivity index (χ2n) is 6.19. The van der Waals surface area contributed by atoms with Gasteiger partial charge in [0, 0.05) is 38.2 Å². The van der Waals surface area contributed by atoms with E-state index >= 15 is 0 Å². The summed E-state index contributed by atoms with van der Waals surface area (Å²) in [5.41, 5.74) is 1.95. The Morgan fingerprint density at radius 1 is 1.19 bits per heavy atom. The van der Waals surface area contributed by atoms with Crippen LogP contribution in [0.5, 0.6) is 0 Å². The number of hydrogen-bond donors (Lipinski definition) is 2. The topological polar surface area (TPSA) is 95.2 Å². The minimum atomic E-state index is -0.293. The lowest BCUT2D eigenvalue weighted by molar-refractivity contribution is -0.129. The molecule has 2 N–H and O–H groups in total. The maximum absolute atomic E-state index is 12.2. The van der Waals surface area contributed by atoms with Crippen LogP contribution >= 0.6 is 0 Å². The molecule has 0 spiro atoms. The lowest BCUT2D eigenvalue weighted by Crippen LogP contribution is -2.30. The van der Waals surface area contributed by atoms with Crippen molar-refractivity contribution in [1.29, 1.82) is 0 Å². The Hall–Kier alpha value is -2.96. The molecule has 0 atom stereocenters. The Balaban J connectivity index is 2.00. The summed E-state index contributed by atoms with van der Waals surface area (Å²) in [5.74, 6) is -0.143. The van der Waals surface area contributed by atoms with E-state index in [-0.39, 0.29) is 23.3 Å². The lowest BCUT2D eigenvalue weighted by atomic mass is 10.1. The molecule has 0 unspecified atom stereocenters. The zero-order chi connectivity index (χ0) is 19.1. The molecule has 1 aromatic heterocycles. The zero-order valence-electron chi connectivity index (χ0n) is 15.3. The number of carbonyl (C=O) groups excluding carboxylic acids is 2. The third-order valence-corrected chi connectivity index (χ3v) is 4.03. The van der Waals surface area contributed by atoms with Gasteiger partial charge in [-0.1, -0.05) is 30.3 Å². The fraction of sp³-hybridized carbons (Fsp3) is 0.368. The van der Waals surface area contributed by atoms with E-state index < -0.39 is 0 Å². The van der Waals surface area contributed by atoms with Gasteiger partial charge in [0.2, 0.25) is 17.8 Å². The molecule has 2 rings (SSSR count). The number of amides is 2. The number of benzene rings is 1. The third kappa shape index (κ3) is 5.54. The normalized spacial score (nSPS) is 10.4. The van der Waals surface area contributed by atoms with Gasteiger partial charge in [0.05, 0.1) is 0 Å². The van der Waals surface area contributed by atoms with Crippen molar-refractivity contribution in [2.75, 3.05) is 11.9 Å². The van der Waals surface area contributed by atoms with Gasteiger partial charge in [-0.25, -0.2) is 4.98 Å². The van der Waals surface area contributed by atoms with Crippen LogP contribution < -0.4 is 10.9 Å². The van der Waals surface area contributed by atoms with Gasteiger partial charge in [-0.05, 0) is 25.3 Å². The average Bonchev–Trinajstić information content (AvgIpc) is 2.56. The number of rotatable bonds is 7. The number of hydrogen-bond acceptors (Lipinski definition) is 4. The van der Waals surface area contributed by atoms with E-state index in [1.165, 1.54) is 6.92 Å². The molecule has 138 valence electrons. The molecule has 2 aromatic rings. The molecular formula is C19H24N4O3. The highest BCUT2D eigenvalue weighted by Crippen LogP contribution is 2.09. The summed E-state index contributed by atoms with van der Waals surface area (Å²) in [6.07, 6.45) is 1.16. The summed E-state index contributed by atoms with van der Waals surface area (Å²) in [5, 5.41) is 2.47. The average molecular weight is 356 g/mol. The van der Waals surface area contributed by atoms with Crippen molar-refractivity contribution in [3.05, 3.63) is 57.5 Å². The van der Waals surface area contributed by atoms with E-state index in [4.69, 9.17) is 0 Å². The molecule has 0 bridgehead atoms. The van der Waals surface area contributed by atoms with Gasteiger partial charge in [0.1, 0.15) is 0 Å². The van der Waals surface area contributed by atoms with Crippen molar-refractivity contribution in [1.82, 2.24) is 14.9 Å². The molecule has 0 aliphatic heterocycles. The van der Waals surface area contributed by atoms with Gasteiger partial charge < -0.3 is 4.90 Å². The summed E-state index contributed by atoms with van der Waals surface area (Å²) in [4.78, 5) is 43.7. The number of anilines is 1. The Morgan fingerprint density at radius 3 is 2.46 bits per heavy atom. The highest BCUT2D eigenvalue weighted by molar-refractivity contribution is 5.86. The smallest absolute Gasteiger partial charge is 0.255 e. The largest absolute Gasteiger partial charge is 0.339 e. The Kier molecular flexibility index (Phi) is 6.66. The number of aromatic nitrogens is 2. The van der Waals surface area contributed by atoms with E-state index in [0.717, 1.165) is 5.56 Å². The van der Waals surface area contributed by atoms with Crippen LogP contribution in [-0.4, -0.2) is 33.2 Å². The number of H-pyrrole nitrogens is 1. The molecule has 7 nitrogen and oxygen atoms in total. The molecule has 0 saturated heterocycles. The molecule has 1 heterocycles. The Labute approximate surface area is 152 Å². The first-order chi connectivity index (χ1) is 12.4. The SMILES string of the molecule is CC(=O)Nc1nc(C)c(CCCN(Cc2ccccc2)C(C)=O)c(=O)[nH]1. The predicted octanol–water partition coefficient (Wildman–Crippen LogP) is 2.02. The van der Waals surface area contributed by atoms with Crippen LogP contribution in [0.2, 0.25) is 0 Å². The highest BCUT2D eigenvalue weighted by Gasteiger charge is 2.12. The van der Waals surface area contributed by atoms with Gasteiger partial charge in [0.15, 0.2) is 0 Å². The summed E-state index contributed by atoms with van der Waals surface area (Å²) in [6.45, 7) is 5.74. The number of nitrogens with one attached hydrogen (secondary N) is 2. The number of carbonyl (C=O) groups is 2. The van der Waals surface area contributed by atoms with Crippen LogP contribution in [0.15, 0.2) is 35.1 Å². The van der Waals surface area contributed by atoms with E-state index in [1.807, 2.05) is 30.3 Å². The van der Waals surface area contributed by atoms with Gasteiger partial charge in [-0.2, -0.15) is 0 Å². The van der Waals surface area contributed by atoms with E-state index in [0.29, 0.717) is 37.2 Å². The van der Waals surface area contributed by atoms with Crippen LogP contribution in [0, 0.1) is 6.92 Å². The number of aryl methyl sites for hydroxylation is 1. The molecule has 0 aliphatic carbocycles. The molecule has 7 heteroatoms. The van der Waals surface area contributed by atoms with Crippen molar-refractivity contribution >= 4 is 17.8 Å². The van der Waals surface area contributed by atoms with E-state index in [2.05, 4.69) is 15.3 Å². The minimum absolute atomic E-state index is 0.00128. The summed E-state index contributed by atoms with van der Waals surface area (Å²) < 4.78 is 0. The molecular weight excluding hydrogens is 332 g/mol. The van der Waals surface area contributed by atoms with Crippen molar-refractivity contribution in [3.8, 4) is 0 Å². The molecule has 0 fully saturated rings. The van der Waals surface area contributed by atoms with Gasteiger partial charge >= 0.3 is 0 Å². The molecule has 0 aliphatic rings. The van der Waals surface area contributed by atoms with Gasteiger partial charge in [-0.15, -0.1) is 0 Å². The molecule has 1 aromatic carbocycles. The second kappa shape index (κ2) is 8.94. The maximum atomic E-state index is 12.2. The summed E-state index contributed by atoms with van der Waals surface area (Å²) in [7, 11) is 0. The highest BCUT2D eigenvalue weighted by atomic mass is 16.2. The molecule has 2 amide bonds. The van der Waals surface area contributed by atoms with E-state index in [1.54, 1.807) is 18.7 Å². The monoisotopic (exact) mass is 356 g/mol. The maximum Gasteiger partial charge on any atom is 0.255 e. The standard InChI is InChI=1S/C19H24N4O3/c1-13-17(18(26)22-19(20-13)21-14(2)24)10-7-11-23(15(3)25)12-16-8-5-4-6-9-16/h4-6,8-9H,7,10-12H2,1-3H3,(H2,20,21,22,24,26). The van der Waals surface area contributed by atoms with Crippen LogP contribution in [0.1, 0.15) is 37.1 Å². The first-order valence-corrected chi connectivity index (χ1v) is 8.53. The lowest BCUT2D eigenvalue weighted by Gasteiger charge is -2.21. The Morgan fingerprint density at radius 2 is 1.88 bits per heavy atom. The van der Waals surface area contributed by atoms with Crippen LogP contribution in [0.25, 0.3) is 0 Å². The van der Waals surface area contributed by atoms with E-state index in [9.17, 15) is 14.4 Å². The second-order valence-corrected chi connectivity index (χ2v) is 6.19. The number of nitrogens with zero attached hydrogens (tertiary/aromatic N) is 2. The molecule has 0 radical (unpaired) electrons. The van der Waals surface area contributed by atoms with Crippen LogP contribution in [0.3, 0.4) is 0 Å². The molecule has 0 saturated carbocycles. The first-order valence-electron chi connectivity index (χ1n) is 8.53. The third-order valence-electron chi connectivity index (χ3n) is 4.03. The van der Waals surface area contributed by atoms with Crippen LogP contribution in [0.4, 0.5) is 5.95 Å². The summed E-state index contributed by atoms with van der Waals surface area (Å²) >= 11 is 0. The van der Waals surface area contributed by atoms with Crippen molar-refractivity contribution in [2.45, 2.75) is 40.2 Å². The fourth-order valence-electron chi connectivity index (χ4n) is 2.73. The van der Waals surface area contributed by atoms with Crippen molar-refractivity contribution < 1.29 is 9.59 Å². The molecule has 26 heavy (non-hydrogen) atoms. The number of aromatic amines is 1. The van der Waals surface area contributed by atoms with Crippen LogP contribution in [-0.2, 0) is 22.6 Å². The first kappa shape index (κ1) is 19.4. The predicted molar refractivity (Wildman–Crippen MR) is 99.8 cm³/mol.